The van der Waals surface area contributed by atoms with Crippen molar-refractivity contribution in [2.24, 2.45) is 0 Å². The molecule has 1 heterocycles. The van der Waals surface area contributed by atoms with Crippen LogP contribution in [0.5, 0.6) is 0 Å². The van der Waals surface area contributed by atoms with E-state index >= 15 is 0 Å². The molecule has 0 saturated carbocycles. The molecule has 0 aliphatic carbocycles. The molecule has 0 aromatic carbocycles. The molecule has 0 unspecified atom stereocenters. The van der Waals surface area contributed by atoms with Gasteiger partial charge < -0.3 is 0 Å². The Hall–Kier alpha value is -0.260. The van der Waals surface area contributed by atoms with Crippen LogP contribution in [0, 0.1) is 0 Å². The summed E-state index contributed by atoms with van der Waals surface area (Å²) in [6.07, 6.45) is 0. The second-order valence-corrected chi connectivity index (χ2v) is 3.40. The van der Waals surface area contributed by atoms with Crippen LogP contribution in [0.25, 0.3) is 0 Å². The van der Waals surface area contributed by atoms with E-state index in [1.54, 1.807) is 4.90 Å². The Bertz CT molecular complexity index is 150. The number of halogens is 2. The van der Waals surface area contributed by atoms with Gasteiger partial charge in [0.2, 0.25) is 0 Å². The zero-order chi connectivity index (χ0) is 9.19. The molecule has 1 aliphatic heterocycles. The van der Waals surface area contributed by atoms with Crippen LogP contribution in [-0.2, 0) is 0 Å². The van der Waals surface area contributed by atoms with Crippen molar-refractivity contribution in [2.45, 2.75) is 6.05 Å². The van der Waals surface area contributed by atoms with Gasteiger partial charge in [0.25, 0.3) is 0 Å². The van der Waals surface area contributed by atoms with Crippen molar-refractivity contribution < 1.29 is 8.78 Å². The first-order valence-corrected chi connectivity index (χ1v) is 3.99. The quantitative estimate of drug-likeness (QED) is 0.602. The zero-order valence-electron chi connectivity index (χ0n) is 7.48. The smallest absolute Gasteiger partial charge is 0.297 e. The summed E-state index contributed by atoms with van der Waals surface area (Å²) < 4.78 is 25.5. The van der Waals surface area contributed by atoms with Gasteiger partial charge in [-0.05, 0) is 14.1 Å². The van der Waals surface area contributed by atoms with Crippen molar-refractivity contribution in [1.29, 1.82) is 0 Å². The lowest BCUT2D eigenvalue weighted by molar-refractivity contribution is -0.0908. The molecule has 0 spiro atoms. The van der Waals surface area contributed by atoms with E-state index in [0.717, 1.165) is 0 Å². The maximum absolute atomic E-state index is 12.7. The summed E-state index contributed by atoms with van der Waals surface area (Å²) in [5.74, 6) is 0. The molecular formula is C7H15F2N3. The first-order chi connectivity index (χ1) is 5.49. The summed E-state index contributed by atoms with van der Waals surface area (Å²) in [5.41, 5.74) is 0. The minimum absolute atomic E-state index is 0.189. The van der Waals surface area contributed by atoms with Crippen LogP contribution in [0.15, 0.2) is 0 Å². The van der Waals surface area contributed by atoms with Crippen molar-refractivity contribution in [3.63, 3.8) is 0 Å². The van der Waals surface area contributed by atoms with Crippen molar-refractivity contribution in [2.75, 3.05) is 40.4 Å². The van der Waals surface area contributed by atoms with E-state index in [1.165, 1.54) is 0 Å². The molecule has 0 radical (unpaired) electrons. The number of alkyl halides is 2. The number of piperazine rings is 1. The van der Waals surface area contributed by atoms with Crippen LogP contribution >= 0.6 is 0 Å². The van der Waals surface area contributed by atoms with E-state index in [4.69, 9.17) is 0 Å². The molecule has 3 nitrogen and oxygen atoms in total. The van der Waals surface area contributed by atoms with E-state index in [0.29, 0.717) is 19.8 Å². The van der Waals surface area contributed by atoms with E-state index in [-0.39, 0.29) is 6.54 Å². The van der Waals surface area contributed by atoms with Crippen molar-refractivity contribution in [3.05, 3.63) is 0 Å². The molecule has 0 amide bonds. The fraction of sp³-hybridized carbons (Fsp3) is 1.00. The molecule has 1 N–H and O–H groups in total. The Morgan fingerprint density at radius 2 is 2.17 bits per heavy atom. The molecule has 1 rings (SSSR count). The lowest BCUT2D eigenvalue weighted by Gasteiger charge is -2.34. The number of hydrogen-bond donors (Lipinski definition) is 1. The van der Waals surface area contributed by atoms with Gasteiger partial charge in [0.1, 0.15) is 0 Å². The highest BCUT2D eigenvalue weighted by molar-refractivity contribution is 4.76. The topological polar surface area (TPSA) is 18.5 Å². The highest BCUT2D eigenvalue weighted by atomic mass is 19.3. The van der Waals surface area contributed by atoms with Gasteiger partial charge in [-0.2, -0.15) is 8.78 Å². The third-order valence-electron chi connectivity index (χ3n) is 1.72. The molecule has 72 valence electrons. The SMILES string of the molecule is CN(C)CN1CCNC(F)(F)C1. The Morgan fingerprint density at radius 3 is 2.67 bits per heavy atom. The third-order valence-corrected chi connectivity index (χ3v) is 1.72. The Kier molecular flexibility index (Phi) is 2.98. The van der Waals surface area contributed by atoms with E-state index < -0.39 is 6.05 Å². The van der Waals surface area contributed by atoms with Crippen LogP contribution in [0.4, 0.5) is 8.78 Å². The summed E-state index contributed by atoms with van der Waals surface area (Å²) in [5, 5.41) is 2.17. The largest absolute Gasteiger partial charge is 0.315 e. The molecule has 0 aromatic rings. The predicted molar refractivity (Wildman–Crippen MR) is 43.1 cm³/mol. The average molecular weight is 179 g/mol. The second-order valence-electron chi connectivity index (χ2n) is 3.40. The number of nitrogens with zero attached hydrogens (tertiary/aromatic N) is 2. The normalized spacial score (nSPS) is 24.8. The summed E-state index contributed by atoms with van der Waals surface area (Å²) >= 11 is 0. The molecule has 5 heteroatoms. The Labute approximate surface area is 71.3 Å². The third kappa shape index (κ3) is 3.00. The van der Waals surface area contributed by atoms with Gasteiger partial charge in [-0.15, -0.1) is 0 Å². The van der Waals surface area contributed by atoms with E-state index in [9.17, 15) is 8.78 Å². The van der Waals surface area contributed by atoms with Gasteiger partial charge in [-0.25, -0.2) is 0 Å². The summed E-state index contributed by atoms with van der Waals surface area (Å²) in [4.78, 5) is 3.62. The Balaban J connectivity index is 2.36. The summed E-state index contributed by atoms with van der Waals surface area (Å²) in [6, 6.07) is -2.71. The van der Waals surface area contributed by atoms with Crippen molar-refractivity contribution in [1.82, 2.24) is 15.1 Å². The fourth-order valence-electron chi connectivity index (χ4n) is 1.33. The number of hydrogen-bond acceptors (Lipinski definition) is 3. The molecular weight excluding hydrogens is 164 g/mol. The van der Waals surface area contributed by atoms with Gasteiger partial charge in [0.15, 0.2) is 0 Å². The van der Waals surface area contributed by atoms with Crippen LogP contribution in [0.1, 0.15) is 0 Å². The molecule has 1 fully saturated rings. The predicted octanol–water partition coefficient (Wildman–Crippen LogP) is 0.00350. The molecule has 12 heavy (non-hydrogen) atoms. The maximum atomic E-state index is 12.7. The first kappa shape index (κ1) is 9.83. The zero-order valence-corrected chi connectivity index (χ0v) is 7.48. The summed E-state index contributed by atoms with van der Waals surface area (Å²) in [6.45, 7) is 1.46. The van der Waals surface area contributed by atoms with Gasteiger partial charge in [0.05, 0.1) is 13.2 Å². The number of nitrogens with one attached hydrogen (secondary N) is 1. The standard InChI is InChI=1S/C7H15F2N3/c1-11(2)6-12-4-3-10-7(8,9)5-12/h10H,3-6H2,1-2H3. The highest BCUT2D eigenvalue weighted by Crippen LogP contribution is 2.14. The minimum atomic E-state index is -2.71. The van der Waals surface area contributed by atoms with Crippen LogP contribution < -0.4 is 5.32 Å². The minimum Gasteiger partial charge on any atom is -0.297 e. The van der Waals surface area contributed by atoms with Gasteiger partial charge in [-0.3, -0.25) is 15.1 Å². The van der Waals surface area contributed by atoms with Crippen LogP contribution in [-0.4, -0.2) is 56.2 Å². The average Bonchev–Trinajstić information content (AvgIpc) is 1.82. The number of rotatable bonds is 2. The summed E-state index contributed by atoms with van der Waals surface area (Å²) in [7, 11) is 3.75. The monoisotopic (exact) mass is 179 g/mol. The van der Waals surface area contributed by atoms with Crippen molar-refractivity contribution in [3.8, 4) is 0 Å². The van der Waals surface area contributed by atoms with Crippen LogP contribution in [0.2, 0.25) is 0 Å². The highest BCUT2D eigenvalue weighted by Gasteiger charge is 2.34. The van der Waals surface area contributed by atoms with Gasteiger partial charge in [0, 0.05) is 13.1 Å². The molecule has 0 bridgehead atoms. The van der Waals surface area contributed by atoms with Gasteiger partial charge >= 0.3 is 6.05 Å². The lowest BCUT2D eigenvalue weighted by atomic mass is 10.3. The van der Waals surface area contributed by atoms with Gasteiger partial charge in [-0.1, -0.05) is 0 Å². The first-order valence-electron chi connectivity index (χ1n) is 3.99. The maximum Gasteiger partial charge on any atom is 0.315 e. The fourth-order valence-corrected chi connectivity index (χ4v) is 1.33. The lowest BCUT2D eigenvalue weighted by Crippen LogP contribution is -2.56. The molecule has 1 saturated heterocycles. The van der Waals surface area contributed by atoms with E-state index in [1.807, 2.05) is 19.0 Å². The molecule has 0 atom stereocenters. The van der Waals surface area contributed by atoms with Crippen molar-refractivity contribution >= 4 is 0 Å². The Morgan fingerprint density at radius 1 is 1.50 bits per heavy atom. The molecule has 0 aromatic heterocycles. The second kappa shape index (κ2) is 3.64. The van der Waals surface area contributed by atoms with E-state index in [2.05, 4.69) is 5.32 Å². The van der Waals surface area contributed by atoms with Crippen LogP contribution in [0.3, 0.4) is 0 Å². The molecule has 1 aliphatic rings.